The molecule has 150 valence electrons. The van der Waals surface area contributed by atoms with E-state index in [9.17, 15) is 9.90 Å². The Bertz CT molecular complexity index is 1240. The number of para-hydroxylation sites is 2. The fraction of sp³-hybridized carbons (Fsp3) is 0.231. The standard InChI is InChI=1S/C26H24N2O2/c1-25(2)17-9-5-7-11-19(17)27-21(25)13-15-23(29)16(24(15)30)14-22-26(3,4)18-10-6-8-12-20(18)28-22/h5-14,27,29H,1-4H3/b16-14+,21-13-. The topological polar surface area (TPSA) is 61.7 Å². The van der Waals surface area contributed by atoms with E-state index >= 15 is 0 Å². The van der Waals surface area contributed by atoms with E-state index in [0.29, 0.717) is 11.1 Å². The number of rotatable bonds is 2. The lowest BCUT2D eigenvalue weighted by atomic mass is 9.77. The lowest BCUT2D eigenvalue weighted by Gasteiger charge is -2.25. The molecule has 0 spiro atoms. The number of hydrogen-bond donors (Lipinski definition) is 2. The number of nitrogens with zero attached hydrogens (tertiary/aromatic N) is 1. The number of benzene rings is 2. The van der Waals surface area contributed by atoms with Crippen LogP contribution in [0.25, 0.3) is 0 Å². The number of anilines is 1. The molecule has 2 N–H and O–H groups in total. The molecule has 2 heterocycles. The third-order valence-corrected chi connectivity index (χ3v) is 6.57. The fourth-order valence-corrected chi connectivity index (χ4v) is 4.51. The van der Waals surface area contributed by atoms with Gasteiger partial charge in [0.25, 0.3) is 0 Å². The molecular weight excluding hydrogens is 372 g/mol. The third-order valence-electron chi connectivity index (χ3n) is 6.57. The molecule has 0 amide bonds. The zero-order chi connectivity index (χ0) is 21.3. The van der Waals surface area contributed by atoms with Gasteiger partial charge in [-0.3, -0.25) is 9.79 Å². The molecule has 0 fully saturated rings. The summed E-state index contributed by atoms with van der Waals surface area (Å²) >= 11 is 0. The van der Waals surface area contributed by atoms with Crippen LogP contribution in [0, 0.1) is 0 Å². The van der Waals surface area contributed by atoms with Crippen molar-refractivity contribution in [3.8, 4) is 0 Å². The number of ketones is 1. The van der Waals surface area contributed by atoms with E-state index in [2.05, 4.69) is 45.1 Å². The van der Waals surface area contributed by atoms with Gasteiger partial charge in [-0.05, 0) is 35.4 Å². The molecule has 1 aliphatic carbocycles. The van der Waals surface area contributed by atoms with E-state index < -0.39 is 0 Å². The van der Waals surface area contributed by atoms with Gasteiger partial charge in [-0.1, -0.05) is 64.1 Å². The summed E-state index contributed by atoms with van der Waals surface area (Å²) in [6.07, 6.45) is 3.52. The van der Waals surface area contributed by atoms with Gasteiger partial charge in [0.2, 0.25) is 5.78 Å². The Hall–Kier alpha value is -3.40. The summed E-state index contributed by atoms with van der Waals surface area (Å²) in [6.45, 7) is 8.40. The summed E-state index contributed by atoms with van der Waals surface area (Å²) in [7, 11) is 0. The molecule has 0 radical (unpaired) electrons. The second-order valence-corrected chi connectivity index (χ2v) is 9.14. The molecule has 3 aliphatic rings. The van der Waals surface area contributed by atoms with Crippen LogP contribution in [0.15, 0.2) is 88.3 Å². The first-order valence-corrected chi connectivity index (χ1v) is 10.2. The SMILES string of the molecule is CC1(C)C(/C=C2/C(=O)C(/C=C3\Nc4ccccc4C3(C)C)=C2O)=Nc2ccccc21. The maximum absolute atomic E-state index is 12.9. The van der Waals surface area contributed by atoms with Crippen LogP contribution in [-0.4, -0.2) is 16.6 Å². The zero-order valence-electron chi connectivity index (χ0n) is 17.6. The van der Waals surface area contributed by atoms with Crippen molar-refractivity contribution in [3.05, 3.63) is 94.4 Å². The second-order valence-electron chi connectivity index (χ2n) is 9.14. The highest BCUT2D eigenvalue weighted by atomic mass is 16.3. The lowest BCUT2D eigenvalue weighted by Crippen LogP contribution is -2.28. The van der Waals surface area contributed by atoms with Gasteiger partial charge in [0.15, 0.2) is 0 Å². The first kappa shape index (κ1) is 18.6. The molecule has 30 heavy (non-hydrogen) atoms. The normalized spacial score (nSPS) is 23.2. The van der Waals surface area contributed by atoms with Gasteiger partial charge in [0.05, 0.1) is 22.5 Å². The Morgan fingerprint density at radius 3 is 2.23 bits per heavy atom. The summed E-state index contributed by atoms with van der Waals surface area (Å²) in [6, 6.07) is 16.1. The number of carbonyl (C=O) groups is 1. The van der Waals surface area contributed by atoms with Gasteiger partial charge in [-0.2, -0.15) is 0 Å². The molecule has 5 rings (SSSR count). The molecule has 4 nitrogen and oxygen atoms in total. The number of Topliss-reactive ketones (excluding diaryl/α,β-unsaturated/α-hetero) is 1. The van der Waals surface area contributed by atoms with Gasteiger partial charge in [-0.25, -0.2) is 0 Å². The van der Waals surface area contributed by atoms with Crippen LogP contribution in [0.1, 0.15) is 38.8 Å². The number of hydrogen-bond acceptors (Lipinski definition) is 4. The summed E-state index contributed by atoms with van der Waals surface area (Å²) < 4.78 is 0. The zero-order valence-corrected chi connectivity index (χ0v) is 17.6. The van der Waals surface area contributed by atoms with Crippen LogP contribution < -0.4 is 5.32 Å². The van der Waals surface area contributed by atoms with Gasteiger partial charge in [-0.15, -0.1) is 0 Å². The highest BCUT2D eigenvalue weighted by molar-refractivity contribution is 6.25. The van der Waals surface area contributed by atoms with E-state index in [4.69, 9.17) is 4.99 Å². The van der Waals surface area contributed by atoms with Crippen LogP contribution in [-0.2, 0) is 15.6 Å². The van der Waals surface area contributed by atoms with E-state index in [0.717, 1.165) is 28.3 Å². The van der Waals surface area contributed by atoms with E-state index in [1.807, 2.05) is 36.4 Å². The number of fused-ring (bicyclic) bond motifs is 2. The molecule has 4 heteroatoms. The fourth-order valence-electron chi connectivity index (χ4n) is 4.51. The molecule has 2 aliphatic heterocycles. The van der Waals surface area contributed by atoms with Gasteiger partial charge >= 0.3 is 0 Å². The summed E-state index contributed by atoms with van der Waals surface area (Å²) in [4.78, 5) is 17.6. The van der Waals surface area contributed by atoms with Crippen molar-refractivity contribution >= 4 is 22.9 Å². The summed E-state index contributed by atoms with van der Waals surface area (Å²) in [5.74, 6) is -0.112. The van der Waals surface area contributed by atoms with Crippen molar-refractivity contribution in [2.75, 3.05) is 5.32 Å². The predicted octanol–water partition coefficient (Wildman–Crippen LogP) is 5.66. The highest BCUT2D eigenvalue weighted by Gasteiger charge is 2.40. The first-order valence-electron chi connectivity index (χ1n) is 10.2. The number of carbonyl (C=O) groups excluding carboxylic acids is 1. The maximum Gasteiger partial charge on any atom is 0.200 e. The lowest BCUT2D eigenvalue weighted by molar-refractivity contribution is -0.113. The minimum Gasteiger partial charge on any atom is -0.506 e. The van der Waals surface area contributed by atoms with Gasteiger partial charge < -0.3 is 10.4 Å². The molecule has 0 unspecified atom stereocenters. The average molecular weight is 396 g/mol. The van der Waals surface area contributed by atoms with Crippen molar-refractivity contribution in [2.24, 2.45) is 4.99 Å². The van der Waals surface area contributed by atoms with Crippen LogP contribution in [0.5, 0.6) is 0 Å². The van der Waals surface area contributed by atoms with Crippen LogP contribution in [0.3, 0.4) is 0 Å². The van der Waals surface area contributed by atoms with Crippen molar-refractivity contribution in [2.45, 2.75) is 38.5 Å². The molecule has 0 bridgehead atoms. The number of aliphatic imine (C=N–C) groups is 1. The minimum absolute atomic E-state index is 0.0375. The van der Waals surface area contributed by atoms with Gasteiger partial charge in [0, 0.05) is 22.2 Å². The van der Waals surface area contributed by atoms with Crippen LogP contribution >= 0.6 is 0 Å². The number of allylic oxidation sites excluding steroid dienone is 5. The molecular formula is C26H24N2O2. The molecule has 0 atom stereocenters. The summed E-state index contributed by atoms with van der Waals surface area (Å²) in [5.41, 5.74) is 6.06. The Kier molecular flexibility index (Phi) is 3.75. The number of aliphatic hydroxyl groups is 1. The van der Waals surface area contributed by atoms with E-state index in [1.54, 1.807) is 12.2 Å². The monoisotopic (exact) mass is 396 g/mol. The van der Waals surface area contributed by atoms with Crippen molar-refractivity contribution in [1.82, 2.24) is 0 Å². The van der Waals surface area contributed by atoms with E-state index in [1.165, 1.54) is 5.56 Å². The minimum atomic E-state index is -0.311. The third kappa shape index (κ3) is 2.46. The second kappa shape index (κ2) is 6.05. The first-order chi connectivity index (χ1) is 14.2. The summed E-state index contributed by atoms with van der Waals surface area (Å²) in [5, 5.41) is 14.1. The van der Waals surface area contributed by atoms with E-state index in [-0.39, 0.29) is 22.4 Å². The molecule has 2 aromatic rings. The molecule has 0 saturated heterocycles. The van der Waals surface area contributed by atoms with Crippen LogP contribution in [0.4, 0.5) is 11.4 Å². The van der Waals surface area contributed by atoms with Crippen molar-refractivity contribution in [1.29, 1.82) is 0 Å². The van der Waals surface area contributed by atoms with Crippen molar-refractivity contribution in [3.63, 3.8) is 0 Å². The Morgan fingerprint density at radius 1 is 0.900 bits per heavy atom. The maximum atomic E-state index is 12.9. The largest absolute Gasteiger partial charge is 0.506 e. The highest BCUT2D eigenvalue weighted by Crippen LogP contribution is 2.45. The number of nitrogens with one attached hydrogen (secondary N) is 1. The van der Waals surface area contributed by atoms with Crippen LogP contribution in [0.2, 0.25) is 0 Å². The smallest absolute Gasteiger partial charge is 0.200 e. The number of aliphatic hydroxyl groups excluding tert-OH is 1. The Morgan fingerprint density at radius 2 is 1.57 bits per heavy atom. The quantitative estimate of drug-likeness (QED) is 0.644. The molecule has 0 saturated carbocycles. The van der Waals surface area contributed by atoms with Crippen molar-refractivity contribution < 1.29 is 9.90 Å². The van der Waals surface area contributed by atoms with Gasteiger partial charge in [0.1, 0.15) is 5.76 Å². The Labute approximate surface area is 176 Å². The Balaban J connectivity index is 1.49. The molecule has 2 aromatic carbocycles. The molecule has 0 aromatic heterocycles. The average Bonchev–Trinajstić information content (AvgIpc) is 3.14. The predicted molar refractivity (Wildman–Crippen MR) is 120 cm³/mol.